The molecule has 0 aromatic heterocycles. The SMILES string of the molecule is COc1ccc(OCCCC(=O)O[C@@H](C)C(=O)NC2CCCCCC2)cc1. The van der Waals surface area contributed by atoms with Crippen LogP contribution in [0, 0.1) is 0 Å². The van der Waals surface area contributed by atoms with E-state index in [-0.39, 0.29) is 24.3 Å². The van der Waals surface area contributed by atoms with E-state index < -0.39 is 6.10 Å². The van der Waals surface area contributed by atoms with Crippen LogP contribution in [0.1, 0.15) is 58.3 Å². The zero-order valence-corrected chi connectivity index (χ0v) is 16.4. The van der Waals surface area contributed by atoms with E-state index in [9.17, 15) is 9.59 Å². The summed E-state index contributed by atoms with van der Waals surface area (Å²) in [6.45, 7) is 2.03. The molecule has 0 aliphatic heterocycles. The third-order valence-electron chi connectivity index (χ3n) is 4.73. The van der Waals surface area contributed by atoms with Gasteiger partial charge in [-0.1, -0.05) is 25.7 Å². The Labute approximate surface area is 161 Å². The predicted molar refractivity (Wildman–Crippen MR) is 103 cm³/mol. The van der Waals surface area contributed by atoms with E-state index in [4.69, 9.17) is 14.2 Å². The molecule has 1 saturated carbocycles. The topological polar surface area (TPSA) is 73.9 Å². The number of hydrogen-bond donors (Lipinski definition) is 1. The molecular formula is C21H31NO5. The highest BCUT2D eigenvalue weighted by Crippen LogP contribution is 2.18. The highest BCUT2D eigenvalue weighted by molar-refractivity contribution is 5.83. The van der Waals surface area contributed by atoms with Crippen molar-refractivity contribution in [2.45, 2.75) is 70.4 Å². The fraction of sp³-hybridized carbons (Fsp3) is 0.619. The van der Waals surface area contributed by atoms with Gasteiger partial charge in [-0.2, -0.15) is 0 Å². The van der Waals surface area contributed by atoms with Gasteiger partial charge in [0.05, 0.1) is 13.7 Å². The number of ether oxygens (including phenoxy) is 3. The molecule has 0 spiro atoms. The van der Waals surface area contributed by atoms with Crippen LogP contribution in [0.15, 0.2) is 24.3 Å². The van der Waals surface area contributed by atoms with Gasteiger partial charge in [0.2, 0.25) is 0 Å². The molecular weight excluding hydrogens is 346 g/mol. The largest absolute Gasteiger partial charge is 0.497 e. The average Bonchev–Trinajstić information content (AvgIpc) is 2.94. The lowest BCUT2D eigenvalue weighted by molar-refractivity contribution is -0.155. The number of methoxy groups -OCH3 is 1. The Kier molecular flexibility index (Phi) is 8.95. The molecule has 2 rings (SSSR count). The van der Waals surface area contributed by atoms with Gasteiger partial charge in [0, 0.05) is 12.5 Å². The van der Waals surface area contributed by atoms with Crippen molar-refractivity contribution in [3.63, 3.8) is 0 Å². The second kappa shape index (κ2) is 11.5. The molecule has 6 nitrogen and oxygen atoms in total. The Morgan fingerprint density at radius 3 is 2.33 bits per heavy atom. The van der Waals surface area contributed by atoms with Gasteiger partial charge in [0.25, 0.3) is 5.91 Å². The Bertz CT molecular complexity index is 579. The van der Waals surface area contributed by atoms with Crippen LogP contribution in [-0.4, -0.2) is 37.7 Å². The summed E-state index contributed by atoms with van der Waals surface area (Å²) in [5, 5.41) is 3.01. The summed E-state index contributed by atoms with van der Waals surface area (Å²) < 4.78 is 15.9. The van der Waals surface area contributed by atoms with Crippen LogP contribution in [0.5, 0.6) is 11.5 Å². The smallest absolute Gasteiger partial charge is 0.306 e. The lowest BCUT2D eigenvalue weighted by Gasteiger charge is -2.19. The molecule has 1 atom stereocenters. The molecule has 1 fully saturated rings. The molecule has 1 aromatic rings. The third kappa shape index (κ3) is 7.89. The van der Waals surface area contributed by atoms with Crippen molar-refractivity contribution in [3.8, 4) is 11.5 Å². The minimum Gasteiger partial charge on any atom is -0.497 e. The van der Waals surface area contributed by atoms with Crippen LogP contribution in [0.2, 0.25) is 0 Å². The number of nitrogens with one attached hydrogen (secondary N) is 1. The second-order valence-corrected chi connectivity index (χ2v) is 6.96. The first-order chi connectivity index (χ1) is 13.1. The first kappa shape index (κ1) is 21.1. The normalized spacial score (nSPS) is 16.1. The summed E-state index contributed by atoms with van der Waals surface area (Å²) in [7, 11) is 1.61. The standard InChI is InChI=1S/C21H31NO5/c1-16(21(24)22-17-8-5-3-4-6-9-17)27-20(23)10-7-15-26-19-13-11-18(25-2)12-14-19/h11-14,16-17H,3-10,15H2,1-2H3,(H,22,24)/t16-/m0/s1. The minimum absolute atomic E-state index is 0.204. The maximum absolute atomic E-state index is 12.2. The minimum atomic E-state index is -0.761. The van der Waals surface area contributed by atoms with E-state index in [2.05, 4.69) is 5.32 Å². The van der Waals surface area contributed by atoms with E-state index in [1.807, 2.05) is 24.3 Å². The van der Waals surface area contributed by atoms with Gasteiger partial charge in [-0.3, -0.25) is 9.59 Å². The van der Waals surface area contributed by atoms with Crippen molar-refractivity contribution in [1.82, 2.24) is 5.32 Å². The second-order valence-electron chi connectivity index (χ2n) is 6.96. The zero-order valence-electron chi connectivity index (χ0n) is 16.4. The van der Waals surface area contributed by atoms with Gasteiger partial charge in [0.1, 0.15) is 11.5 Å². The first-order valence-electron chi connectivity index (χ1n) is 9.85. The van der Waals surface area contributed by atoms with Crippen LogP contribution in [-0.2, 0) is 14.3 Å². The van der Waals surface area contributed by atoms with E-state index in [1.165, 1.54) is 12.8 Å². The van der Waals surface area contributed by atoms with Crippen LogP contribution in [0.25, 0.3) is 0 Å². The summed E-state index contributed by atoms with van der Waals surface area (Å²) in [4.78, 5) is 24.1. The lowest BCUT2D eigenvalue weighted by Crippen LogP contribution is -2.41. The summed E-state index contributed by atoms with van der Waals surface area (Å²) >= 11 is 0. The maximum Gasteiger partial charge on any atom is 0.306 e. The number of hydrogen-bond acceptors (Lipinski definition) is 5. The molecule has 1 amide bonds. The molecule has 1 aliphatic carbocycles. The number of carbonyl (C=O) groups excluding carboxylic acids is 2. The molecule has 0 saturated heterocycles. The van der Waals surface area contributed by atoms with Crippen molar-refractivity contribution in [2.24, 2.45) is 0 Å². The lowest BCUT2D eigenvalue weighted by atomic mass is 10.1. The maximum atomic E-state index is 12.2. The zero-order chi connectivity index (χ0) is 19.5. The van der Waals surface area contributed by atoms with E-state index >= 15 is 0 Å². The van der Waals surface area contributed by atoms with Gasteiger partial charge in [0.15, 0.2) is 6.10 Å². The van der Waals surface area contributed by atoms with Crippen LogP contribution in [0.4, 0.5) is 0 Å². The van der Waals surface area contributed by atoms with E-state index in [0.29, 0.717) is 13.0 Å². The number of esters is 1. The number of carbonyl (C=O) groups is 2. The van der Waals surface area contributed by atoms with Gasteiger partial charge in [-0.05, 0) is 50.5 Å². The summed E-state index contributed by atoms with van der Waals surface area (Å²) in [5.74, 6) is 0.906. The molecule has 1 aliphatic rings. The fourth-order valence-electron chi connectivity index (χ4n) is 3.13. The number of rotatable bonds is 9. The van der Waals surface area contributed by atoms with Crippen LogP contribution < -0.4 is 14.8 Å². The average molecular weight is 377 g/mol. The quantitative estimate of drug-likeness (QED) is 0.404. The molecule has 150 valence electrons. The van der Waals surface area contributed by atoms with Gasteiger partial charge < -0.3 is 19.5 Å². The Hall–Kier alpha value is -2.24. The highest BCUT2D eigenvalue weighted by atomic mass is 16.5. The Morgan fingerprint density at radius 1 is 1.07 bits per heavy atom. The Balaban J connectivity index is 1.61. The van der Waals surface area contributed by atoms with Crippen molar-refractivity contribution in [3.05, 3.63) is 24.3 Å². The Morgan fingerprint density at radius 2 is 1.70 bits per heavy atom. The van der Waals surface area contributed by atoms with Crippen molar-refractivity contribution < 1.29 is 23.8 Å². The molecule has 0 radical (unpaired) electrons. The van der Waals surface area contributed by atoms with Crippen molar-refractivity contribution in [1.29, 1.82) is 0 Å². The molecule has 1 aromatic carbocycles. The van der Waals surface area contributed by atoms with E-state index in [1.54, 1.807) is 14.0 Å². The molecule has 1 N–H and O–H groups in total. The monoisotopic (exact) mass is 377 g/mol. The summed E-state index contributed by atoms with van der Waals surface area (Å²) in [6.07, 6.45) is 6.76. The van der Waals surface area contributed by atoms with Gasteiger partial charge >= 0.3 is 5.97 Å². The highest BCUT2D eigenvalue weighted by Gasteiger charge is 2.21. The molecule has 0 bridgehead atoms. The number of amides is 1. The van der Waals surface area contributed by atoms with Gasteiger partial charge in [-0.15, -0.1) is 0 Å². The molecule has 27 heavy (non-hydrogen) atoms. The third-order valence-corrected chi connectivity index (χ3v) is 4.73. The predicted octanol–water partition coefficient (Wildman–Crippen LogP) is 3.62. The van der Waals surface area contributed by atoms with Crippen molar-refractivity contribution >= 4 is 11.9 Å². The van der Waals surface area contributed by atoms with Crippen LogP contribution >= 0.6 is 0 Å². The summed E-state index contributed by atoms with van der Waals surface area (Å²) in [6, 6.07) is 7.48. The van der Waals surface area contributed by atoms with Crippen LogP contribution in [0.3, 0.4) is 0 Å². The van der Waals surface area contributed by atoms with Crippen molar-refractivity contribution in [2.75, 3.05) is 13.7 Å². The van der Waals surface area contributed by atoms with E-state index in [0.717, 1.165) is 37.2 Å². The number of benzene rings is 1. The summed E-state index contributed by atoms with van der Waals surface area (Å²) in [5.41, 5.74) is 0. The molecule has 6 heteroatoms. The molecule has 0 heterocycles. The first-order valence-corrected chi connectivity index (χ1v) is 9.85. The fourth-order valence-corrected chi connectivity index (χ4v) is 3.13. The van der Waals surface area contributed by atoms with Gasteiger partial charge in [-0.25, -0.2) is 0 Å². The molecule has 0 unspecified atom stereocenters.